The SMILES string of the molecule is O=C(NC1CCCCC1)c1cccc(NC2=C(Cl)C(=O)N(c3ccccc3F)C2=O)c1. The van der Waals surface area contributed by atoms with Gasteiger partial charge in [0.2, 0.25) is 0 Å². The number of imide groups is 1. The maximum absolute atomic E-state index is 14.1. The fourth-order valence-corrected chi connectivity index (χ4v) is 4.07. The highest BCUT2D eigenvalue weighted by molar-refractivity contribution is 6.53. The summed E-state index contributed by atoms with van der Waals surface area (Å²) in [6, 6.07) is 12.2. The van der Waals surface area contributed by atoms with Gasteiger partial charge in [-0.2, -0.15) is 0 Å². The van der Waals surface area contributed by atoms with Crippen LogP contribution in [0.5, 0.6) is 0 Å². The predicted octanol–water partition coefficient (Wildman–Crippen LogP) is 4.32. The molecule has 0 radical (unpaired) electrons. The lowest BCUT2D eigenvalue weighted by Gasteiger charge is -2.22. The summed E-state index contributed by atoms with van der Waals surface area (Å²) in [7, 11) is 0. The number of halogens is 2. The number of rotatable bonds is 5. The van der Waals surface area contributed by atoms with Crippen LogP contribution in [0.1, 0.15) is 42.5 Å². The van der Waals surface area contributed by atoms with Crippen LogP contribution in [0, 0.1) is 5.82 Å². The average molecular weight is 442 g/mol. The molecule has 1 heterocycles. The highest BCUT2D eigenvalue weighted by atomic mass is 35.5. The molecule has 1 aliphatic carbocycles. The van der Waals surface area contributed by atoms with Crippen LogP contribution in [-0.2, 0) is 9.59 Å². The van der Waals surface area contributed by atoms with E-state index < -0.39 is 17.6 Å². The lowest BCUT2D eigenvalue weighted by Crippen LogP contribution is -2.36. The first-order chi connectivity index (χ1) is 15.0. The molecule has 160 valence electrons. The van der Waals surface area contributed by atoms with Gasteiger partial charge in [-0.15, -0.1) is 0 Å². The minimum Gasteiger partial charge on any atom is -0.350 e. The van der Waals surface area contributed by atoms with Gasteiger partial charge in [-0.3, -0.25) is 14.4 Å². The van der Waals surface area contributed by atoms with Crippen molar-refractivity contribution in [1.29, 1.82) is 0 Å². The van der Waals surface area contributed by atoms with E-state index in [1.165, 1.54) is 24.6 Å². The Morgan fingerprint density at radius 2 is 1.74 bits per heavy atom. The molecular weight excluding hydrogens is 421 g/mol. The third-order valence-corrected chi connectivity index (χ3v) is 5.81. The molecule has 2 aromatic rings. The fourth-order valence-electron chi connectivity index (χ4n) is 3.86. The van der Waals surface area contributed by atoms with Crippen LogP contribution in [0.2, 0.25) is 0 Å². The summed E-state index contributed by atoms with van der Waals surface area (Å²) >= 11 is 6.10. The summed E-state index contributed by atoms with van der Waals surface area (Å²) in [5.74, 6) is -2.49. The number of carbonyl (C=O) groups is 3. The van der Waals surface area contributed by atoms with Crippen molar-refractivity contribution in [3.8, 4) is 0 Å². The van der Waals surface area contributed by atoms with Gasteiger partial charge < -0.3 is 10.6 Å². The number of para-hydroxylation sites is 1. The first-order valence-electron chi connectivity index (χ1n) is 10.2. The molecule has 6 nitrogen and oxygen atoms in total. The zero-order valence-corrected chi connectivity index (χ0v) is 17.4. The van der Waals surface area contributed by atoms with E-state index in [-0.39, 0.29) is 28.4 Å². The van der Waals surface area contributed by atoms with Crippen molar-refractivity contribution >= 4 is 40.7 Å². The van der Waals surface area contributed by atoms with Crippen LogP contribution in [0.4, 0.5) is 15.8 Å². The summed E-state index contributed by atoms with van der Waals surface area (Å²) in [6.45, 7) is 0. The van der Waals surface area contributed by atoms with E-state index in [1.807, 2.05) is 0 Å². The lowest BCUT2D eigenvalue weighted by molar-refractivity contribution is -0.120. The molecule has 0 bridgehead atoms. The Hall–Kier alpha value is -3.19. The summed E-state index contributed by atoms with van der Waals surface area (Å²) in [4.78, 5) is 38.6. The molecule has 0 unspecified atom stereocenters. The zero-order valence-electron chi connectivity index (χ0n) is 16.7. The van der Waals surface area contributed by atoms with Gasteiger partial charge >= 0.3 is 0 Å². The second kappa shape index (κ2) is 8.89. The largest absolute Gasteiger partial charge is 0.350 e. The molecule has 3 amide bonds. The van der Waals surface area contributed by atoms with Crippen LogP contribution in [-0.4, -0.2) is 23.8 Å². The zero-order chi connectivity index (χ0) is 22.0. The van der Waals surface area contributed by atoms with E-state index in [1.54, 1.807) is 24.3 Å². The summed E-state index contributed by atoms with van der Waals surface area (Å²) in [5, 5.41) is 5.52. The Kier molecular flexibility index (Phi) is 6.04. The standard InChI is InChI=1S/C23H21ClFN3O3/c24-19-20(23(31)28(22(19)30)18-12-5-4-11-17(18)25)26-16-10-6-7-14(13-16)21(29)27-15-8-2-1-3-9-15/h4-7,10-13,15,26H,1-3,8-9H2,(H,27,29). The molecule has 2 aromatic carbocycles. The van der Waals surface area contributed by atoms with Crippen molar-refractivity contribution in [3.63, 3.8) is 0 Å². The van der Waals surface area contributed by atoms with Gasteiger partial charge in [0.15, 0.2) is 0 Å². The molecule has 31 heavy (non-hydrogen) atoms. The number of amides is 3. The molecule has 2 N–H and O–H groups in total. The maximum atomic E-state index is 14.1. The molecule has 1 aliphatic heterocycles. The van der Waals surface area contributed by atoms with Crippen molar-refractivity contribution in [2.75, 3.05) is 10.2 Å². The van der Waals surface area contributed by atoms with Crippen LogP contribution >= 0.6 is 11.6 Å². The van der Waals surface area contributed by atoms with Gasteiger partial charge in [-0.05, 0) is 43.2 Å². The Balaban J connectivity index is 1.52. The molecule has 4 rings (SSSR count). The van der Waals surface area contributed by atoms with E-state index in [2.05, 4.69) is 10.6 Å². The van der Waals surface area contributed by atoms with Gasteiger partial charge in [0.05, 0.1) is 5.69 Å². The first kappa shape index (κ1) is 21.1. The van der Waals surface area contributed by atoms with Gasteiger partial charge in [-0.25, -0.2) is 9.29 Å². The van der Waals surface area contributed by atoms with Crippen molar-refractivity contribution < 1.29 is 18.8 Å². The Morgan fingerprint density at radius 3 is 2.48 bits per heavy atom. The minimum absolute atomic E-state index is 0.165. The predicted molar refractivity (Wildman–Crippen MR) is 116 cm³/mol. The fraction of sp³-hybridized carbons (Fsp3) is 0.261. The molecule has 8 heteroatoms. The van der Waals surface area contributed by atoms with Gasteiger partial charge in [-0.1, -0.05) is 49.1 Å². The summed E-state index contributed by atoms with van der Waals surface area (Å²) in [6.07, 6.45) is 5.34. The molecule has 0 aromatic heterocycles. The topological polar surface area (TPSA) is 78.5 Å². The molecule has 1 fully saturated rings. The van der Waals surface area contributed by atoms with E-state index in [4.69, 9.17) is 11.6 Å². The molecule has 0 spiro atoms. The van der Waals surface area contributed by atoms with E-state index in [9.17, 15) is 18.8 Å². The van der Waals surface area contributed by atoms with Crippen LogP contribution < -0.4 is 15.5 Å². The minimum atomic E-state index is -0.814. The first-order valence-corrected chi connectivity index (χ1v) is 10.5. The van der Waals surface area contributed by atoms with Gasteiger partial charge in [0.1, 0.15) is 16.5 Å². The third kappa shape index (κ3) is 4.32. The van der Waals surface area contributed by atoms with Crippen LogP contribution in [0.25, 0.3) is 0 Å². The number of carbonyl (C=O) groups excluding carboxylic acids is 3. The monoisotopic (exact) mass is 441 g/mol. The molecule has 1 saturated carbocycles. The Bertz CT molecular complexity index is 1080. The van der Waals surface area contributed by atoms with Gasteiger partial charge in [0, 0.05) is 17.3 Å². The molecule has 0 atom stereocenters. The molecule has 2 aliphatic rings. The third-order valence-electron chi connectivity index (χ3n) is 5.46. The normalized spacial score (nSPS) is 17.3. The number of nitrogens with zero attached hydrogens (tertiary/aromatic N) is 1. The molecular formula is C23H21ClFN3O3. The average Bonchev–Trinajstić information content (AvgIpc) is 2.98. The lowest BCUT2D eigenvalue weighted by atomic mass is 9.95. The number of hydrogen-bond acceptors (Lipinski definition) is 4. The van der Waals surface area contributed by atoms with Crippen LogP contribution in [0.15, 0.2) is 59.3 Å². The highest BCUT2D eigenvalue weighted by Crippen LogP contribution is 2.31. The summed E-state index contributed by atoms with van der Waals surface area (Å²) < 4.78 is 14.1. The second-order valence-electron chi connectivity index (χ2n) is 7.60. The maximum Gasteiger partial charge on any atom is 0.283 e. The number of benzene rings is 2. The number of anilines is 2. The van der Waals surface area contributed by atoms with E-state index in [0.29, 0.717) is 16.2 Å². The smallest absolute Gasteiger partial charge is 0.283 e. The number of hydrogen-bond donors (Lipinski definition) is 2. The summed E-state index contributed by atoms with van der Waals surface area (Å²) in [5.41, 5.74) is 0.504. The highest BCUT2D eigenvalue weighted by Gasteiger charge is 2.40. The second-order valence-corrected chi connectivity index (χ2v) is 7.98. The van der Waals surface area contributed by atoms with E-state index >= 15 is 0 Å². The number of nitrogens with one attached hydrogen (secondary N) is 2. The quantitative estimate of drug-likeness (QED) is 0.677. The van der Waals surface area contributed by atoms with Crippen molar-refractivity contribution in [3.05, 3.63) is 70.6 Å². The van der Waals surface area contributed by atoms with E-state index in [0.717, 1.165) is 31.7 Å². The van der Waals surface area contributed by atoms with Gasteiger partial charge in [0.25, 0.3) is 17.7 Å². The van der Waals surface area contributed by atoms with Crippen LogP contribution in [0.3, 0.4) is 0 Å². The molecule has 0 saturated heterocycles. The Morgan fingerprint density at radius 1 is 1.00 bits per heavy atom. The Labute approximate surface area is 184 Å². The van der Waals surface area contributed by atoms with Crippen molar-refractivity contribution in [2.45, 2.75) is 38.1 Å². The van der Waals surface area contributed by atoms with Crippen molar-refractivity contribution in [1.82, 2.24) is 5.32 Å². The van der Waals surface area contributed by atoms with Crippen molar-refractivity contribution in [2.24, 2.45) is 0 Å².